The second-order valence-corrected chi connectivity index (χ2v) is 6.25. The Balaban J connectivity index is 1.68. The minimum atomic E-state index is -3.16. The summed E-state index contributed by atoms with van der Waals surface area (Å²) < 4.78 is 53.7. The third kappa shape index (κ3) is 5.10. The molecule has 3 rings (SSSR count). The number of nitrogens with one attached hydrogen (secondary N) is 1. The van der Waals surface area contributed by atoms with Gasteiger partial charge in [-0.1, -0.05) is 18.2 Å². The molecule has 5 nitrogen and oxygen atoms in total. The lowest BCUT2D eigenvalue weighted by Crippen LogP contribution is -2.13. The number of rotatable bonds is 7. The molecule has 29 heavy (non-hydrogen) atoms. The van der Waals surface area contributed by atoms with Crippen molar-refractivity contribution in [2.45, 2.75) is 27.1 Å². The van der Waals surface area contributed by atoms with E-state index in [1.54, 1.807) is 6.07 Å². The molecule has 1 N–H and O–H groups in total. The number of hydrogen-bond donors (Lipinski definition) is 1. The Morgan fingerprint density at radius 3 is 2.52 bits per heavy atom. The van der Waals surface area contributed by atoms with E-state index in [4.69, 9.17) is 9.15 Å². The van der Waals surface area contributed by atoms with Crippen molar-refractivity contribution in [1.82, 2.24) is 0 Å². The predicted octanol–water partition coefficient (Wildman–Crippen LogP) is 5.47. The quantitative estimate of drug-likeness (QED) is 0.566. The molecule has 1 amide bonds. The zero-order chi connectivity index (χ0) is 21.0. The summed E-state index contributed by atoms with van der Waals surface area (Å²) in [7, 11) is 0. The fraction of sp³-hybridized carbons (Fsp3) is 0.190. The second-order valence-electron chi connectivity index (χ2n) is 6.25. The number of alkyl halides is 2. The van der Waals surface area contributed by atoms with Crippen molar-refractivity contribution in [3.05, 3.63) is 77.0 Å². The maximum absolute atomic E-state index is 13.3. The summed E-state index contributed by atoms with van der Waals surface area (Å²) in [5, 5.41) is 2.37. The van der Waals surface area contributed by atoms with Gasteiger partial charge in [0.05, 0.1) is 5.69 Å². The normalized spacial score (nSPS) is 10.8. The van der Waals surface area contributed by atoms with Crippen LogP contribution in [0.2, 0.25) is 0 Å². The van der Waals surface area contributed by atoms with Crippen LogP contribution >= 0.6 is 0 Å². The van der Waals surface area contributed by atoms with Gasteiger partial charge in [0.2, 0.25) is 0 Å². The number of hydrogen-bond acceptors (Lipinski definition) is 4. The molecule has 2 aromatic carbocycles. The van der Waals surface area contributed by atoms with E-state index < -0.39 is 24.1 Å². The van der Waals surface area contributed by atoms with Crippen LogP contribution in [-0.4, -0.2) is 12.5 Å². The Hall–Kier alpha value is -3.42. The number of furan rings is 1. The Labute approximate surface area is 165 Å². The molecule has 0 saturated carbocycles. The SMILES string of the molecule is Cc1cccc(C)c1OCc1ccc(C(=O)Nc2ccc(F)cc2OC(F)F)o1. The second kappa shape index (κ2) is 8.72. The van der Waals surface area contributed by atoms with Gasteiger partial charge in [-0.25, -0.2) is 4.39 Å². The number of ether oxygens (including phenoxy) is 2. The number of carbonyl (C=O) groups excluding carboxylic acids is 1. The van der Waals surface area contributed by atoms with Crippen LogP contribution in [-0.2, 0) is 6.61 Å². The lowest BCUT2D eigenvalue weighted by Gasteiger charge is -2.11. The molecule has 0 radical (unpaired) electrons. The van der Waals surface area contributed by atoms with Crippen LogP contribution in [0.15, 0.2) is 52.9 Å². The molecule has 152 valence electrons. The first kappa shape index (κ1) is 20.3. The lowest BCUT2D eigenvalue weighted by atomic mass is 10.1. The molecule has 0 atom stereocenters. The summed E-state index contributed by atoms with van der Waals surface area (Å²) in [5.74, 6) is -0.886. The molecule has 0 spiro atoms. The first-order chi connectivity index (χ1) is 13.8. The van der Waals surface area contributed by atoms with Crippen LogP contribution in [0.1, 0.15) is 27.4 Å². The summed E-state index contributed by atoms with van der Waals surface area (Å²) >= 11 is 0. The molecule has 1 aromatic heterocycles. The van der Waals surface area contributed by atoms with Crippen LogP contribution in [0, 0.1) is 19.7 Å². The van der Waals surface area contributed by atoms with Gasteiger partial charge in [0, 0.05) is 6.07 Å². The van der Waals surface area contributed by atoms with Gasteiger partial charge in [-0.15, -0.1) is 0 Å². The molecule has 0 saturated heterocycles. The van der Waals surface area contributed by atoms with E-state index in [9.17, 15) is 18.0 Å². The van der Waals surface area contributed by atoms with E-state index in [2.05, 4.69) is 10.1 Å². The highest BCUT2D eigenvalue weighted by Crippen LogP contribution is 2.28. The third-order valence-corrected chi connectivity index (χ3v) is 4.06. The number of amides is 1. The molecule has 0 unspecified atom stereocenters. The van der Waals surface area contributed by atoms with E-state index in [1.165, 1.54) is 6.07 Å². The van der Waals surface area contributed by atoms with Gasteiger partial charge in [-0.2, -0.15) is 8.78 Å². The van der Waals surface area contributed by atoms with Gasteiger partial charge in [0.15, 0.2) is 11.5 Å². The number of anilines is 1. The molecular formula is C21H18F3NO4. The first-order valence-corrected chi connectivity index (χ1v) is 8.67. The van der Waals surface area contributed by atoms with Crippen molar-refractivity contribution < 1.29 is 31.9 Å². The van der Waals surface area contributed by atoms with Crippen LogP contribution in [0.3, 0.4) is 0 Å². The monoisotopic (exact) mass is 405 g/mol. The van der Waals surface area contributed by atoms with Gasteiger partial charge in [0.25, 0.3) is 5.91 Å². The van der Waals surface area contributed by atoms with Crippen molar-refractivity contribution in [3.63, 3.8) is 0 Å². The number of benzene rings is 2. The van der Waals surface area contributed by atoms with E-state index in [-0.39, 0.29) is 18.1 Å². The number of carbonyl (C=O) groups is 1. The number of halogens is 3. The Morgan fingerprint density at radius 2 is 1.83 bits per heavy atom. The third-order valence-electron chi connectivity index (χ3n) is 4.06. The van der Waals surface area contributed by atoms with Crippen molar-refractivity contribution in [2.24, 2.45) is 0 Å². The molecule has 0 fully saturated rings. The number of para-hydroxylation sites is 1. The van der Waals surface area contributed by atoms with E-state index in [0.717, 1.165) is 35.1 Å². The average molecular weight is 405 g/mol. The highest BCUT2D eigenvalue weighted by Gasteiger charge is 2.17. The molecule has 0 aliphatic rings. The average Bonchev–Trinajstić information content (AvgIpc) is 3.12. The molecule has 3 aromatic rings. The highest BCUT2D eigenvalue weighted by molar-refractivity contribution is 6.03. The van der Waals surface area contributed by atoms with E-state index >= 15 is 0 Å². The van der Waals surface area contributed by atoms with Gasteiger partial charge in [-0.3, -0.25) is 4.79 Å². The van der Waals surface area contributed by atoms with Gasteiger partial charge < -0.3 is 19.2 Å². The topological polar surface area (TPSA) is 60.7 Å². The number of aryl methyl sites for hydroxylation is 2. The fourth-order valence-corrected chi connectivity index (χ4v) is 2.72. The molecule has 0 bridgehead atoms. The molecule has 8 heteroatoms. The van der Waals surface area contributed by atoms with Crippen molar-refractivity contribution >= 4 is 11.6 Å². The first-order valence-electron chi connectivity index (χ1n) is 8.67. The van der Waals surface area contributed by atoms with Crippen LogP contribution in [0.4, 0.5) is 18.9 Å². The zero-order valence-corrected chi connectivity index (χ0v) is 15.7. The maximum atomic E-state index is 13.3. The smallest absolute Gasteiger partial charge is 0.387 e. The zero-order valence-electron chi connectivity index (χ0n) is 15.7. The Kier molecular flexibility index (Phi) is 6.11. The largest absolute Gasteiger partial charge is 0.485 e. The summed E-state index contributed by atoms with van der Waals surface area (Å²) in [5.41, 5.74) is 1.83. The summed E-state index contributed by atoms with van der Waals surface area (Å²) in [4.78, 5) is 12.4. The Bertz CT molecular complexity index is 997. The Morgan fingerprint density at radius 1 is 1.10 bits per heavy atom. The van der Waals surface area contributed by atoms with E-state index in [1.807, 2.05) is 32.0 Å². The van der Waals surface area contributed by atoms with Gasteiger partial charge >= 0.3 is 6.61 Å². The molecule has 0 aliphatic heterocycles. The molecular weight excluding hydrogens is 387 g/mol. The lowest BCUT2D eigenvalue weighted by molar-refractivity contribution is -0.0495. The predicted molar refractivity (Wildman–Crippen MR) is 99.9 cm³/mol. The van der Waals surface area contributed by atoms with Crippen molar-refractivity contribution in [3.8, 4) is 11.5 Å². The van der Waals surface area contributed by atoms with Crippen molar-refractivity contribution in [2.75, 3.05) is 5.32 Å². The van der Waals surface area contributed by atoms with Crippen molar-refractivity contribution in [1.29, 1.82) is 0 Å². The minimum absolute atomic E-state index is 0.0579. The fourth-order valence-electron chi connectivity index (χ4n) is 2.72. The summed E-state index contributed by atoms with van der Waals surface area (Å²) in [6.45, 7) is 0.788. The maximum Gasteiger partial charge on any atom is 0.387 e. The van der Waals surface area contributed by atoms with Crippen LogP contribution in [0.25, 0.3) is 0 Å². The minimum Gasteiger partial charge on any atom is -0.485 e. The van der Waals surface area contributed by atoms with Crippen LogP contribution < -0.4 is 14.8 Å². The van der Waals surface area contributed by atoms with Gasteiger partial charge in [-0.05, 0) is 49.2 Å². The molecule has 1 heterocycles. The summed E-state index contributed by atoms with van der Waals surface area (Å²) in [6, 6.07) is 11.7. The molecule has 0 aliphatic carbocycles. The van der Waals surface area contributed by atoms with Gasteiger partial charge in [0.1, 0.15) is 23.9 Å². The standard InChI is InChI=1S/C21H18F3NO4/c1-12-4-3-5-13(2)19(12)27-11-15-7-9-17(28-15)20(26)25-16-8-6-14(22)10-18(16)29-21(23)24/h3-10,21H,11H2,1-2H3,(H,25,26). The summed E-state index contributed by atoms with van der Waals surface area (Å²) in [6.07, 6.45) is 0. The van der Waals surface area contributed by atoms with Crippen LogP contribution in [0.5, 0.6) is 11.5 Å². The van der Waals surface area contributed by atoms with E-state index in [0.29, 0.717) is 5.76 Å². The highest BCUT2D eigenvalue weighted by atomic mass is 19.3.